The first-order valence-electron chi connectivity index (χ1n) is 6.34. The summed E-state index contributed by atoms with van der Waals surface area (Å²) >= 11 is 0. The van der Waals surface area contributed by atoms with E-state index in [2.05, 4.69) is 36.0 Å². The van der Waals surface area contributed by atoms with E-state index >= 15 is 0 Å². The van der Waals surface area contributed by atoms with Crippen molar-refractivity contribution in [1.29, 1.82) is 0 Å². The number of nitrogens with two attached hydrogens (primary N) is 1. The molecule has 0 atom stereocenters. The van der Waals surface area contributed by atoms with Crippen LogP contribution < -0.4 is 5.73 Å². The quantitative estimate of drug-likeness (QED) is 0.337. The number of amidine groups is 1. The van der Waals surface area contributed by atoms with E-state index in [1.165, 1.54) is 5.56 Å². The molecule has 0 saturated heterocycles. The van der Waals surface area contributed by atoms with E-state index in [0.29, 0.717) is 12.3 Å². The van der Waals surface area contributed by atoms with Crippen LogP contribution in [0.5, 0.6) is 0 Å². The van der Waals surface area contributed by atoms with Gasteiger partial charge in [-0.2, -0.15) is 0 Å². The lowest BCUT2D eigenvalue weighted by Gasteiger charge is -2.24. The lowest BCUT2D eigenvalue weighted by Crippen LogP contribution is -2.31. The van der Waals surface area contributed by atoms with Crippen molar-refractivity contribution < 1.29 is 5.21 Å². The number of oxime groups is 1. The number of hydrogen-bond acceptors (Lipinski definition) is 3. The van der Waals surface area contributed by atoms with E-state index in [-0.39, 0.29) is 5.84 Å². The Balaban J connectivity index is 2.55. The molecular formula is C14H23N3O. The molecule has 0 aromatic heterocycles. The third kappa shape index (κ3) is 5.68. The normalized spacial score (nSPS) is 12.3. The second-order valence-corrected chi connectivity index (χ2v) is 4.96. The van der Waals surface area contributed by atoms with Crippen LogP contribution in [0.2, 0.25) is 0 Å². The Morgan fingerprint density at radius 1 is 1.33 bits per heavy atom. The highest BCUT2D eigenvalue weighted by atomic mass is 16.4. The summed E-state index contributed by atoms with van der Waals surface area (Å²) in [7, 11) is 0. The summed E-state index contributed by atoms with van der Waals surface area (Å²) in [4.78, 5) is 2.33. The Hall–Kier alpha value is -1.55. The molecule has 0 heterocycles. The SMILES string of the molecule is CC(C)CN(CCC(N)=NO)Cc1ccccc1. The average molecular weight is 249 g/mol. The van der Waals surface area contributed by atoms with Crippen LogP contribution in [0.25, 0.3) is 0 Å². The molecule has 0 aliphatic heterocycles. The molecule has 0 spiro atoms. The predicted molar refractivity (Wildman–Crippen MR) is 74.6 cm³/mol. The highest BCUT2D eigenvalue weighted by Gasteiger charge is 2.09. The van der Waals surface area contributed by atoms with Gasteiger partial charge in [-0.25, -0.2) is 0 Å². The van der Waals surface area contributed by atoms with Crippen LogP contribution in [0, 0.1) is 5.92 Å². The van der Waals surface area contributed by atoms with Crippen LogP contribution in [0.1, 0.15) is 25.8 Å². The standard InChI is InChI=1S/C14H23N3O/c1-12(2)10-17(9-8-14(15)16-18)11-13-6-4-3-5-7-13/h3-7,12,18H,8-11H2,1-2H3,(H2,15,16). The Morgan fingerprint density at radius 3 is 2.56 bits per heavy atom. The largest absolute Gasteiger partial charge is 0.409 e. The van der Waals surface area contributed by atoms with Gasteiger partial charge in [-0.3, -0.25) is 4.90 Å². The maximum absolute atomic E-state index is 8.56. The van der Waals surface area contributed by atoms with Gasteiger partial charge in [-0.05, 0) is 11.5 Å². The Labute approximate surface area is 109 Å². The molecule has 1 rings (SSSR count). The highest BCUT2D eigenvalue weighted by Crippen LogP contribution is 2.08. The summed E-state index contributed by atoms with van der Waals surface area (Å²) < 4.78 is 0. The zero-order valence-electron chi connectivity index (χ0n) is 11.2. The van der Waals surface area contributed by atoms with Crippen LogP contribution in [-0.4, -0.2) is 29.0 Å². The van der Waals surface area contributed by atoms with E-state index in [4.69, 9.17) is 10.9 Å². The first-order valence-corrected chi connectivity index (χ1v) is 6.34. The summed E-state index contributed by atoms with van der Waals surface area (Å²) in [6.45, 7) is 7.11. The minimum absolute atomic E-state index is 0.289. The van der Waals surface area contributed by atoms with Crippen molar-refractivity contribution in [3.05, 3.63) is 35.9 Å². The highest BCUT2D eigenvalue weighted by molar-refractivity contribution is 5.79. The van der Waals surface area contributed by atoms with Gasteiger partial charge in [0.25, 0.3) is 0 Å². The predicted octanol–water partition coefficient (Wildman–Crippen LogP) is 2.28. The second-order valence-electron chi connectivity index (χ2n) is 4.96. The van der Waals surface area contributed by atoms with Gasteiger partial charge in [0.05, 0.1) is 0 Å². The molecule has 100 valence electrons. The van der Waals surface area contributed by atoms with Gasteiger partial charge >= 0.3 is 0 Å². The average Bonchev–Trinajstić information content (AvgIpc) is 2.36. The molecule has 0 aliphatic carbocycles. The zero-order valence-corrected chi connectivity index (χ0v) is 11.2. The van der Waals surface area contributed by atoms with Gasteiger partial charge in [0.1, 0.15) is 5.84 Å². The summed E-state index contributed by atoms with van der Waals surface area (Å²) in [5.41, 5.74) is 6.81. The molecule has 0 radical (unpaired) electrons. The molecule has 4 heteroatoms. The van der Waals surface area contributed by atoms with Gasteiger partial charge in [-0.15, -0.1) is 0 Å². The molecule has 0 bridgehead atoms. The van der Waals surface area contributed by atoms with Crippen LogP contribution in [-0.2, 0) is 6.54 Å². The molecule has 0 fully saturated rings. The van der Waals surface area contributed by atoms with Gasteiger partial charge in [0.15, 0.2) is 0 Å². The molecule has 0 amide bonds. The minimum atomic E-state index is 0.289. The molecule has 0 saturated carbocycles. The summed E-state index contributed by atoms with van der Waals surface area (Å²) in [5, 5.41) is 11.6. The molecule has 4 nitrogen and oxygen atoms in total. The van der Waals surface area contributed by atoms with Crippen LogP contribution in [0.4, 0.5) is 0 Å². The number of rotatable bonds is 7. The lowest BCUT2D eigenvalue weighted by molar-refractivity contribution is 0.241. The second kappa shape index (κ2) is 7.71. The third-order valence-corrected chi connectivity index (χ3v) is 2.68. The molecule has 0 unspecified atom stereocenters. The van der Waals surface area contributed by atoms with Crippen molar-refractivity contribution in [1.82, 2.24) is 4.90 Å². The lowest BCUT2D eigenvalue weighted by atomic mass is 10.1. The van der Waals surface area contributed by atoms with Crippen molar-refractivity contribution in [3.8, 4) is 0 Å². The van der Waals surface area contributed by atoms with Crippen LogP contribution in [0.3, 0.4) is 0 Å². The fourth-order valence-corrected chi connectivity index (χ4v) is 1.92. The summed E-state index contributed by atoms with van der Waals surface area (Å²) in [5.74, 6) is 0.887. The number of hydrogen-bond donors (Lipinski definition) is 2. The van der Waals surface area contributed by atoms with E-state index in [9.17, 15) is 0 Å². The van der Waals surface area contributed by atoms with Crippen LogP contribution in [0.15, 0.2) is 35.5 Å². The molecule has 18 heavy (non-hydrogen) atoms. The van der Waals surface area contributed by atoms with E-state index in [0.717, 1.165) is 19.6 Å². The topological polar surface area (TPSA) is 61.8 Å². The number of benzene rings is 1. The monoisotopic (exact) mass is 249 g/mol. The van der Waals surface area contributed by atoms with Crippen molar-refractivity contribution in [2.45, 2.75) is 26.8 Å². The minimum Gasteiger partial charge on any atom is -0.409 e. The molecule has 3 N–H and O–H groups in total. The zero-order chi connectivity index (χ0) is 13.4. The summed E-state index contributed by atoms with van der Waals surface area (Å²) in [6, 6.07) is 10.4. The molecular weight excluding hydrogens is 226 g/mol. The smallest absolute Gasteiger partial charge is 0.140 e. The Kier molecular flexibility index (Phi) is 6.22. The molecule has 0 aliphatic rings. The van der Waals surface area contributed by atoms with Crippen molar-refractivity contribution in [2.24, 2.45) is 16.8 Å². The van der Waals surface area contributed by atoms with E-state index in [1.54, 1.807) is 0 Å². The first-order chi connectivity index (χ1) is 8.61. The fraction of sp³-hybridized carbons (Fsp3) is 0.500. The Bertz CT molecular complexity index is 363. The summed E-state index contributed by atoms with van der Waals surface area (Å²) in [6.07, 6.45) is 0.593. The van der Waals surface area contributed by atoms with Gasteiger partial charge < -0.3 is 10.9 Å². The van der Waals surface area contributed by atoms with Gasteiger partial charge in [0, 0.05) is 26.1 Å². The molecule has 1 aromatic rings. The fourth-order valence-electron chi connectivity index (χ4n) is 1.92. The van der Waals surface area contributed by atoms with E-state index in [1.807, 2.05) is 18.2 Å². The maximum atomic E-state index is 8.56. The van der Waals surface area contributed by atoms with Gasteiger partial charge in [-0.1, -0.05) is 49.3 Å². The van der Waals surface area contributed by atoms with Crippen molar-refractivity contribution >= 4 is 5.84 Å². The van der Waals surface area contributed by atoms with Crippen molar-refractivity contribution in [3.63, 3.8) is 0 Å². The number of nitrogens with zero attached hydrogens (tertiary/aromatic N) is 2. The van der Waals surface area contributed by atoms with Crippen molar-refractivity contribution in [2.75, 3.05) is 13.1 Å². The van der Waals surface area contributed by atoms with Gasteiger partial charge in [0.2, 0.25) is 0 Å². The first kappa shape index (κ1) is 14.5. The third-order valence-electron chi connectivity index (χ3n) is 2.68. The molecule has 1 aromatic carbocycles. The Morgan fingerprint density at radius 2 is 2.00 bits per heavy atom. The van der Waals surface area contributed by atoms with Crippen LogP contribution >= 0.6 is 0 Å². The van der Waals surface area contributed by atoms with E-state index < -0.39 is 0 Å². The maximum Gasteiger partial charge on any atom is 0.140 e.